The van der Waals surface area contributed by atoms with Gasteiger partial charge in [0, 0.05) is 5.39 Å². The molecule has 0 spiro atoms. The van der Waals surface area contributed by atoms with Crippen LogP contribution in [0.25, 0.3) is 16.8 Å². The first-order chi connectivity index (χ1) is 8.58. The molecule has 0 saturated carbocycles. The second-order valence-electron chi connectivity index (χ2n) is 4.10. The zero-order valence-electron chi connectivity index (χ0n) is 10.4. The molecule has 0 atom stereocenters. The van der Waals surface area contributed by atoms with E-state index in [1.807, 2.05) is 25.1 Å². The highest BCUT2D eigenvalue weighted by Crippen LogP contribution is 2.32. The number of hydrogen-bond donors (Lipinski definition) is 1. The van der Waals surface area contributed by atoms with Gasteiger partial charge < -0.3 is 9.84 Å². The summed E-state index contributed by atoms with van der Waals surface area (Å²) in [5.41, 5.74) is 2.05. The van der Waals surface area contributed by atoms with Crippen molar-refractivity contribution in [3.8, 4) is 5.75 Å². The van der Waals surface area contributed by atoms with E-state index in [2.05, 4.69) is 6.58 Å². The van der Waals surface area contributed by atoms with Gasteiger partial charge in [0.25, 0.3) is 0 Å². The van der Waals surface area contributed by atoms with E-state index in [1.54, 1.807) is 6.08 Å². The van der Waals surface area contributed by atoms with Crippen LogP contribution in [-0.4, -0.2) is 18.2 Å². The molecule has 0 amide bonds. The third-order valence-corrected chi connectivity index (χ3v) is 2.92. The minimum Gasteiger partial charge on any atom is -0.507 e. The molecular formula is C15H14O3. The summed E-state index contributed by atoms with van der Waals surface area (Å²) in [5, 5.41) is 11.5. The Morgan fingerprint density at radius 2 is 2.06 bits per heavy atom. The normalized spacial score (nSPS) is 10.3. The number of hydrogen-bond acceptors (Lipinski definition) is 3. The van der Waals surface area contributed by atoms with Gasteiger partial charge >= 0.3 is 5.97 Å². The molecular weight excluding hydrogens is 228 g/mol. The Balaban J connectivity index is 2.90. The van der Waals surface area contributed by atoms with Gasteiger partial charge in [0.2, 0.25) is 0 Å². The summed E-state index contributed by atoms with van der Waals surface area (Å²) in [6, 6.07) is 7.07. The molecule has 3 heteroatoms. The number of benzene rings is 2. The van der Waals surface area contributed by atoms with Crippen LogP contribution in [0.3, 0.4) is 0 Å². The first kappa shape index (κ1) is 12.2. The lowest BCUT2D eigenvalue weighted by Crippen LogP contribution is -2.04. The monoisotopic (exact) mass is 242 g/mol. The second kappa shape index (κ2) is 4.53. The molecule has 1 N–H and O–H groups in total. The minimum atomic E-state index is -0.483. The molecule has 18 heavy (non-hydrogen) atoms. The van der Waals surface area contributed by atoms with E-state index in [-0.39, 0.29) is 5.75 Å². The molecule has 0 radical (unpaired) electrons. The first-order valence-corrected chi connectivity index (χ1v) is 5.55. The SMILES string of the molecule is C=Cc1c(C(=O)OC)cc(O)c2ccc(C)cc12. The van der Waals surface area contributed by atoms with E-state index >= 15 is 0 Å². The quantitative estimate of drug-likeness (QED) is 0.822. The molecule has 0 fully saturated rings. The number of phenols is 1. The van der Waals surface area contributed by atoms with E-state index in [0.29, 0.717) is 16.5 Å². The molecule has 0 aliphatic heterocycles. The van der Waals surface area contributed by atoms with Crippen LogP contribution in [0, 0.1) is 6.92 Å². The summed E-state index contributed by atoms with van der Waals surface area (Å²) in [6.07, 6.45) is 1.60. The molecule has 2 rings (SSSR count). The predicted molar refractivity (Wildman–Crippen MR) is 71.8 cm³/mol. The van der Waals surface area contributed by atoms with Gasteiger partial charge in [-0.05, 0) is 23.9 Å². The van der Waals surface area contributed by atoms with Gasteiger partial charge in [0.05, 0.1) is 12.7 Å². The molecule has 0 unspecified atom stereocenters. The number of phenolic OH excluding ortho intramolecular Hbond substituents is 1. The van der Waals surface area contributed by atoms with Crippen LogP contribution < -0.4 is 0 Å². The zero-order chi connectivity index (χ0) is 13.3. The van der Waals surface area contributed by atoms with Gasteiger partial charge in [-0.1, -0.05) is 36.4 Å². The van der Waals surface area contributed by atoms with Crippen LogP contribution in [-0.2, 0) is 4.74 Å². The molecule has 0 saturated heterocycles. The highest BCUT2D eigenvalue weighted by atomic mass is 16.5. The van der Waals surface area contributed by atoms with Crippen LogP contribution in [0.2, 0.25) is 0 Å². The fraction of sp³-hybridized carbons (Fsp3) is 0.133. The van der Waals surface area contributed by atoms with Crippen LogP contribution in [0.1, 0.15) is 21.5 Å². The van der Waals surface area contributed by atoms with E-state index in [9.17, 15) is 9.90 Å². The van der Waals surface area contributed by atoms with Crippen molar-refractivity contribution in [1.82, 2.24) is 0 Å². The fourth-order valence-corrected chi connectivity index (χ4v) is 2.04. The van der Waals surface area contributed by atoms with E-state index in [4.69, 9.17) is 4.74 Å². The van der Waals surface area contributed by atoms with Crippen molar-refractivity contribution >= 4 is 22.8 Å². The maximum absolute atomic E-state index is 11.7. The number of fused-ring (bicyclic) bond motifs is 1. The van der Waals surface area contributed by atoms with Gasteiger partial charge in [-0.15, -0.1) is 0 Å². The fourth-order valence-electron chi connectivity index (χ4n) is 2.04. The number of esters is 1. The lowest BCUT2D eigenvalue weighted by atomic mass is 9.96. The number of rotatable bonds is 2. The molecule has 2 aromatic carbocycles. The number of carbonyl (C=O) groups excluding carboxylic acids is 1. The van der Waals surface area contributed by atoms with E-state index < -0.39 is 5.97 Å². The summed E-state index contributed by atoms with van der Waals surface area (Å²) in [6.45, 7) is 5.68. The summed E-state index contributed by atoms with van der Waals surface area (Å²) in [4.78, 5) is 11.7. The smallest absolute Gasteiger partial charge is 0.338 e. The number of aromatic hydroxyl groups is 1. The number of ether oxygens (including phenoxy) is 1. The Labute approximate surface area is 105 Å². The van der Waals surface area contributed by atoms with Crippen molar-refractivity contribution < 1.29 is 14.6 Å². The lowest BCUT2D eigenvalue weighted by Gasteiger charge is -2.11. The average molecular weight is 242 g/mol. The van der Waals surface area contributed by atoms with E-state index in [0.717, 1.165) is 10.9 Å². The maximum atomic E-state index is 11.7. The summed E-state index contributed by atoms with van der Waals surface area (Å²) in [5.74, 6) is -0.417. The molecule has 3 nitrogen and oxygen atoms in total. The van der Waals surface area contributed by atoms with E-state index in [1.165, 1.54) is 13.2 Å². The Morgan fingerprint density at radius 1 is 1.33 bits per heavy atom. The summed E-state index contributed by atoms with van der Waals surface area (Å²) < 4.78 is 4.72. The van der Waals surface area contributed by atoms with Crippen LogP contribution in [0.4, 0.5) is 0 Å². The molecule has 0 aromatic heterocycles. The summed E-state index contributed by atoms with van der Waals surface area (Å²) >= 11 is 0. The Hall–Kier alpha value is -2.29. The van der Waals surface area contributed by atoms with Crippen molar-refractivity contribution in [1.29, 1.82) is 0 Å². The van der Waals surface area contributed by atoms with Gasteiger partial charge in [-0.3, -0.25) is 0 Å². The number of aryl methyl sites for hydroxylation is 1. The molecule has 0 heterocycles. The maximum Gasteiger partial charge on any atom is 0.338 e. The third kappa shape index (κ3) is 1.84. The van der Waals surface area contributed by atoms with Crippen molar-refractivity contribution in [3.63, 3.8) is 0 Å². The highest BCUT2D eigenvalue weighted by molar-refractivity contribution is 6.05. The molecule has 0 aliphatic rings. The zero-order valence-corrected chi connectivity index (χ0v) is 10.4. The van der Waals surface area contributed by atoms with Crippen molar-refractivity contribution in [2.75, 3.05) is 7.11 Å². The molecule has 0 aliphatic carbocycles. The Kier molecular flexibility index (Phi) is 3.06. The third-order valence-electron chi connectivity index (χ3n) is 2.92. The lowest BCUT2D eigenvalue weighted by molar-refractivity contribution is 0.0600. The topological polar surface area (TPSA) is 46.5 Å². The number of methoxy groups -OCH3 is 1. The van der Waals surface area contributed by atoms with Crippen LogP contribution in [0.5, 0.6) is 5.75 Å². The second-order valence-corrected chi connectivity index (χ2v) is 4.10. The van der Waals surface area contributed by atoms with Gasteiger partial charge in [0.15, 0.2) is 0 Å². The highest BCUT2D eigenvalue weighted by Gasteiger charge is 2.15. The largest absolute Gasteiger partial charge is 0.507 e. The van der Waals surface area contributed by atoms with Crippen molar-refractivity contribution in [2.24, 2.45) is 0 Å². The van der Waals surface area contributed by atoms with Crippen molar-refractivity contribution in [2.45, 2.75) is 6.92 Å². The predicted octanol–water partition coefficient (Wildman–Crippen LogP) is 3.28. The van der Waals surface area contributed by atoms with Crippen molar-refractivity contribution in [3.05, 3.63) is 47.5 Å². The minimum absolute atomic E-state index is 0.0657. The molecule has 2 aromatic rings. The average Bonchev–Trinajstić information content (AvgIpc) is 2.37. The molecule has 0 bridgehead atoms. The number of carbonyl (C=O) groups is 1. The van der Waals surface area contributed by atoms with Gasteiger partial charge in [-0.25, -0.2) is 4.79 Å². The molecule has 92 valence electrons. The first-order valence-electron chi connectivity index (χ1n) is 5.55. The van der Waals surface area contributed by atoms with Gasteiger partial charge in [0.1, 0.15) is 5.75 Å². The summed E-state index contributed by atoms with van der Waals surface area (Å²) in [7, 11) is 1.31. The van der Waals surface area contributed by atoms with Crippen LogP contribution in [0.15, 0.2) is 30.8 Å². The Bertz CT molecular complexity index is 642. The standard InChI is InChI=1S/C15H14O3/c1-4-10-12-7-9(2)5-6-11(12)14(16)8-13(10)15(17)18-3/h4-8,16H,1H2,2-3H3. The van der Waals surface area contributed by atoms with Gasteiger partial charge in [-0.2, -0.15) is 0 Å². The Morgan fingerprint density at radius 3 is 2.67 bits per heavy atom. The van der Waals surface area contributed by atoms with Crippen LogP contribution >= 0.6 is 0 Å².